The maximum Gasteiger partial charge on any atom is 0.230 e. The number of carbonyl (C=O) groups excluding carboxylic acids is 2. The van der Waals surface area contributed by atoms with Crippen LogP contribution in [-0.2, 0) is 14.3 Å². The second-order valence-corrected chi connectivity index (χ2v) is 4.84. The molecular weight excluding hydrogens is 208 g/mol. The lowest BCUT2D eigenvalue weighted by Crippen LogP contribution is -2.63. The van der Waals surface area contributed by atoms with Crippen molar-refractivity contribution in [2.24, 2.45) is 11.8 Å². The van der Waals surface area contributed by atoms with E-state index in [1.165, 1.54) is 0 Å². The van der Waals surface area contributed by atoms with Crippen LogP contribution in [0.15, 0.2) is 0 Å². The fourth-order valence-corrected chi connectivity index (χ4v) is 1.75. The highest BCUT2D eigenvalue weighted by Crippen LogP contribution is 2.18. The molecule has 2 amide bonds. The number of nitrogens with zero attached hydrogens (tertiary/aromatic N) is 1. The molecule has 0 aromatic heterocycles. The molecule has 0 saturated carbocycles. The third-order valence-electron chi connectivity index (χ3n) is 3.05. The van der Waals surface area contributed by atoms with Gasteiger partial charge in [0.15, 0.2) is 0 Å². The van der Waals surface area contributed by atoms with Gasteiger partial charge in [-0.05, 0) is 0 Å². The molecule has 0 aromatic carbocycles. The largest absolute Gasteiger partial charge is 0.380 e. The van der Waals surface area contributed by atoms with Gasteiger partial charge in [0, 0.05) is 19.0 Å². The van der Waals surface area contributed by atoms with Crippen molar-refractivity contribution in [3.05, 3.63) is 0 Å². The second-order valence-electron chi connectivity index (χ2n) is 4.84. The van der Waals surface area contributed by atoms with E-state index in [1.54, 1.807) is 4.90 Å². The predicted octanol–water partition coefficient (Wildman–Crippen LogP) is -0.384. The van der Waals surface area contributed by atoms with E-state index >= 15 is 0 Å². The average Bonchev–Trinajstić information content (AvgIpc) is 2.06. The highest BCUT2D eigenvalue weighted by molar-refractivity contribution is 5.82. The van der Waals surface area contributed by atoms with E-state index in [0.717, 1.165) is 0 Å². The van der Waals surface area contributed by atoms with Crippen LogP contribution in [0.4, 0.5) is 0 Å². The summed E-state index contributed by atoms with van der Waals surface area (Å²) in [5.41, 5.74) is 0. The van der Waals surface area contributed by atoms with Gasteiger partial charge in [-0.25, -0.2) is 0 Å². The minimum atomic E-state index is 0.00443. The number of rotatable bonds is 3. The topological polar surface area (TPSA) is 58.6 Å². The van der Waals surface area contributed by atoms with E-state index in [2.05, 4.69) is 5.32 Å². The minimum Gasteiger partial charge on any atom is -0.380 e. The summed E-state index contributed by atoms with van der Waals surface area (Å²) in [5.74, 6) is 0.289. The first-order chi connectivity index (χ1) is 7.58. The van der Waals surface area contributed by atoms with Gasteiger partial charge < -0.3 is 15.0 Å². The normalized spacial score (nSPS) is 21.6. The van der Waals surface area contributed by atoms with Crippen LogP contribution in [0, 0.1) is 11.8 Å². The van der Waals surface area contributed by atoms with Crippen LogP contribution in [0.2, 0.25) is 0 Å². The van der Waals surface area contributed by atoms with Crippen LogP contribution in [-0.4, -0.2) is 49.1 Å². The van der Waals surface area contributed by atoms with Gasteiger partial charge in [-0.2, -0.15) is 0 Å². The van der Waals surface area contributed by atoms with Gasteiger partial charge in [0.05, 0.1) is 25.2 Å². The highest BCUT2D eigenvalue weighted by atomic mass is 16.5. The van der Waals surface area contributed by atoms with Crippen LogP contribution in [0.5, 0.6) is 0 Å². The third-order valence-corrected chi connectivity index (χ3v) is 3.05. The molecule has 0 atom stereocenters. The molecule has 2 heterocycles. The molecule has 0 bridgehead atoms. The molecule has 0 aliphatic carbocycles. The fraction of sp³-hybridized carbons (Fsp3) is 0.818. The summed E-state index contributed by atoms with van der Waals surface area (Å²) in [6, 6.07) is 0.139. The van der Waals surface area contributed by atoms with Crippen molar-refractivity contribution in [2.75, 3.05) is 26.3 Å². The molecular formula is C11H18N2O3. The van der Waals surface area contributed by atoms with Crippen molar-refractivity contribution in [1.29, 1.82) is 0 Å². The molecule has 0 aromatic rings. The molecule has 1 N–H and O–H groups in total. The van der Waals surface area contributed by atoms with Gasteiger partial charge in [-0.1, -0.05) is 13.8 Å². The van der Waals surface area contributed by atoms with Crippen molar-refractivity contribution >= 4 is 11.8 Å². The van der Waals surface area contributed by atoms with Crippen molar-refractivity contribution in [3.8, 4) is 0 Å². The van der Waals surface area contributed by atoms with Gasteiger partial charge in [0.2, 0.25) is 11.8 Å². The molecule has 5 heteroatoms. The molecule has 2 rings (SSSR count). The number of likely N-dealkylation sites (tertiary alicyclic amines) is 1. The van der Waals surface area contributed by atoms with E-state index in [0.29, 0.717) is 26.3 Å². The quantitative estimate of drug-likeness (QED) is 0.713. The summed E-state index contributed by atoms with van der Waals surface area (Å²) in [7, 11) is 0. The Morgan fingerprint density at radius 2 is 1.94 bits per heavy atom. The van der Waals surface area contributed by atoms with Crippen LogP contribution in [0.1, 0.15) is 13.8 Å². The summed E-state index contributed by atoms with van der Waals surface area (Å²) in [4.78, 5) is 24.9. The van der Waals surface area contributed by atoms with E-state index in [4.69, 9.17) is 4.74 Å². The Bertz CT molecular complexity index is 294. The van der Waals surface area contributed by atoms with Crippen molar-refractivity contribution in [1.82, 2.24) is 10.2 Å². The van der Waals surface area contributed by atoms with Gasteiger partial charge in [-0.3, -0.25) is 9.59 Å². The summed E-state index contributed by atoms with van der Waals surface area (Å²) in [6.07, 6.45) is 0. The number of hydrogen-bond acceptors (Lipinski definition) is 3. The molecule has 90 valence electrons. The van der Waals surface area contributed by atoms with E-state index in [-0.39, 0.29) is 29.7 Å². The lowest BCUT2D eigenvalue weighted by atomic mass is 10.0. The van der Waals surface area contributed by atoms with E-state index < -0.39 is 0 Å². The van der Waals surface area contributed by atoms with Gasteiger partial charge in [0.25, 0.3) is 0 Å². The number of nitrogens with one attached hydrogen (secondary N) is 1. The standard InChI is InChI=1S/C11H18N2O3/c1-7(2)10(14)12-9-3-13(4-9)11(15)8-5-16-6-8/h7-9H,3-6H2,1-2H3,(H,12,14). The summed E-state index contributed by atoms with van der Waals surface area (Å²) < 4.78 is 4.98. The van der Waals surface area contributed by atoms with Gasteiger partial charge in [-0.15, -0.1) is 0 Å². The zero-order valence-electron chi connectivity index (χ0n) is 9.73. The lowest BCUT2D eigenvalue weighted by molar-refractivity contribution is -0.155. The van der Waals surface area contributed by atoms with Crippen molar-refractivity contribution < 1.29 is 14.3 Å². The smallest absolute Gasteiger partial charge is 0.230 e. The van der Waals surface area contributed by atoms with Gasteiger partial charge in [0.1, 0.15) is 0 Å². The molecule has 16 heavy (non-hydrogen) atoms. The molecule has 5 nitrogen and oxygen atoms in total. The molecule has 0 spiro atoms. The number of amides is 2. The Kier molecular flexibility index (Phi) is 3.14. The SMILES string of the molecule is CC(C)C(=O)NC1CN(C(=O)C2COC2)C1. The van der Waals surface area contributed by atoms with E-state index in [1.807, 2.05) is 13.8 Å². The third kappa shape index (κ3) is 2.19. The van der Waals surface area contributed by atoms with Gasteiger partial charge >= 0.3 is 0 Å². The first kappa shape index (κ1) is 11.4. The molecule has 0 radical (unpaired) electrons. The molecule has 2 aliphatic rings. The first-order valence-electron chi connectivity index (χ1n) is 5.75. The second kappa shape index (κ2) is 4.41. The number of hydrogen-bond donors (Lipinski definition) is 1. The zero-order valence-corrected chi connectivity index (χ0v) is 9.73. The average molecular weight is 226 g/mol. The summed E-state index contributed by atoms with van der Waals surface area (Å²) in [5, 5.41) is 2.91. The number of carbonyl (C=O) groups is 2. The Morgan fingerprint density at radius 3 is 2.38 bits per heavy atom. The molecule has 2 fully saturated rings. The Hall–Kier alpha value is -1.10. The molecule has 2 saturated heterocycles. The van der Waals surface area contributed by atoms with Crippen molar-refractivity contribution in [3.63, 3.8) is 0 Å². The van der Waals surface area contributed by atoms with Crippen LogP contribution in [0.25, 0.3) is 0 Å². The summed E-state index contributed by atoms with van der Waals surface area (Å²) >= 11 is 0. The zero-order chi connectivity index (χ0) is 11.7. The highest BCUT2D eigenvalue weighted by Gasteiger charge is 2.37. The number of ether oxygens (including phenoxy) is 1. The van der Waals surface area contributed by atoms with Crippen molar-refractivity contribution in [2.45, 2.75) is 19.9 Å². The maximum atomic E-state index is 11.7. The fourth-order valence-electron chi connectivity index (χ4n) is 1.75. The Labute approximate surface area is 95.1 Å². The molecule has 0 unspecified atom stereocenters. The lowest BCUT2D eigenvalue weighted by Gasteiger charge is -2.42. The Balaban J connectivity index is 1.69. The van der Waals surface area contributed by atoms with E-state index in [9.17, 15) is 9.59 Å². The summed E-state index contributed by atoms with van der Waals surface area (Å²) in [6.45, 7) is 6.13. The van der Waals surface area contributed by atoms with Crippen LogP contribution < -0.4 is 5.32 Å². The van der Waals surface area contributed by atoms with Crippen LogP contribution >= 0.6 is 0 Å². The predicted molar refractivity (Wildman–Crippen MR) is 57.7 cm³/mol. The van der Waals surface area contributed by atoms with Crippen LogP contribution in [0.3, 0.4) is 0 Å². The maximum absolute atomic E-state index is 11.7. The molecule has 2 aliphatic heterocycles. The monoisotopic (exact) mass is 226 g/mol. The first-order valence-corrected chi connectivity index (χ1v) is 5.75. The Morgan fingerprint density at radius 1 is 1.31 bits per heavy atom. The minimum absolute atomic E-state index is 0.00443.